The van der Waals surface area contributed by atoms with E-state index in [0.29, 0.717) is 12.8 Å². The van der Waals surface area contributed by atoms with Crippen molar-refractivity contribution in [1.82, 2.24) is 4.98 Å². The molecule has 0 unspecified atom stereocenters. The molecule has 0 aliphatic carbocycles. The van der Waals surface area contributed by atoms with Gasteiger partial charge in [0.25, 0.3) is 5.91 Å². The van der Waals surface area contributed by atoms with Crippen LogP contribution in [0, 0.1) is 0 Å². The number of hydrogen-bond donors (Lipinski definition) is 2. The number of rotatable bonds is 8. The number of fused-ring (bicyclic) bond motifs is 1. The fraction of sp³-hybridized carbons (Fsp3) is 0.238. The Bertz CT molecular complexity index is 1010. The molecular formula is C21H19F3N2O4. The van der Waals surface area contributed by atoms with Crippen molar-refractivity contribution in [2.75, 3.05) is 11.9 Å². The highest BCUT2D eigenvalue weighted by Crippen LogP contribution is 2.24. The van der Waals surface area contributed by atoms with Gasteiger partial charge in [0.1, 0.15) is 5.75 Å². The fourth-order valence-electron chi connectivity index (χ4n) is 2.92. The number of H-pyrrole nitrogens is 1. The maximum atomic E-state index is 12.1. The van der Waals surface area contributed by atoms with E-state index >= 15 is 0 Å². The van der Waals surface area contributed by atoms with Gasteiger partial charge in [0.05, 0.1) is 0 Å². The largest absolute Gasteiger partial charge is 0.573 e. The number of anilines is 1. The van der Waals surface area contributed by atoms with Crippen molar-refractivity contribution in [3.63, 3.8) is 0 Å². The predicted octanol–water partition coefficient (Wildman–Crippen LogP) is 4.57. The monoisotopic (exact) mass is 420 g/mol. The second kappa shape index (κ2) is 9.34. The van der Waals surface area contributed by atoms with Crippen LogP contribution < -0.4 is 10.1 Å². The van der Waals surface area contributed by atoms with Gasteiger partial charge in [-0.15, -0.1) is 13.2 Å². The first kappa shape index (κ1) is 21.2. The van der Waals surface area contributed by atoms with Gasteiger partial charge in [-0.2, -0.15) is 0 Å². The summed E-state index contributed by atoms with van der Waals surface area (Å²) in [6.07, 6.45) is -1.45. The number of amides is 1. The van der Waals surface area contributed by atoms with Crippen LogP contribution in [0.1, 0.15) is 18.4 Å². The van der Waals surface area contributed by atoms with Crippen molar-refractivity contribution in [3.8, 4) is 5.75 Å². The molecule has 1 heterocycles. The van der Waals surface area contributed by atoms with E-state index in [4.69, 9.17) is 4.74 Å². The second-order valence-electron chi connectivity index (χ2n) is 6.49. The van der Waals surface area contributed by atoms with Crippen LogP contribution >= 0.6 is 0 Å². The number of para-hydroxylation sites is 1. The van der Waals surface area contributed by atoms with Crippen molar-refractivity contribution in [2.24, 2.45) is 0 Å². The average Bonchev–Trinajstić information content (AvgIpc) is 3.10. The highest BCUT2D eigenvalue weighted by atomic mass is 19.4. The van der Waals surface area contributed by atoms with Gasteiger partial charge in [0.15, 0.2) is 6.61 Å². The molecule has 0 bridgehead atoms. The molecule has 158 valence electrons. The van der Waals surface area contributed by atoms with E-state index in [1.165, 1.54) is 12.1 Å². The lowest BCUT2D eigenvalue weighted by molar-refractivity contribution is -0.274. The van der Waals surface area contributed by atoms with Gasteiger partial charge in [-0.05, 0) is 48.7 Å². The third-order valence-corrected chi connectivity index (χ3v) is 4.24. The second-order valence-corrected chi connectivity index (χ2v) is 6.49. The number of benzene rings is 2. The third-order valence-electron chi connectivity index (χ3n) is 4.24. The Kier molecular flexibility index (Phi) is 6.61. The summed E-state index contributed by atoms with van der Waals surface area (Å²) in [5.74, 6) is -1.49. The van der Waals surface area contributed by atoms with Crippen LogP contribution in [0.3, 0.4) is 0 Å². The van der Waals surface area contributed by atoms with E-state index in [1.807, 2.05) is 30.5 Å². The zero-order valence-electron chi connectivity index (χ0n) is 15.8. The molecule has 6 nitrogen and oxygen atoms in total. The van der Waals surface area contributed by atoms with Crippen molar-refractivity contribution in [1.29, 1.82) is 0 Å². The van der Waals surface area contributed by atoms with E-state index in [0.717, 1.165) is 28.6 Å². The lowest BCUT2D eigenvalue weighted by Gasteiger charge is -2.10. The van der Waals surface area contributed by atoms with Crippen molar-refractivity contribution in [3.05, 3.63) is 60.3 Å². The molecule has 1 amide bonds. The van der Waals surface area contributed by atoms with Crippen molar-refractivity contribution in [2.45, 2.75) is 25.6 Å². The Morgan fingerprint density at radius 2 is 1.77 bits per heavy atom. The molecule has 0 atom stereocenters. The number of aryl methyl sites for hydroxylation is 1. The Morgan fingerprint density at radius 3 is 2.50 bits per heavy atom. The summed E-state index contributed by atoms with van der Waals surface area (Å²) in [6.45, 7) is -0.479. The maximum Gasteiger partial charge on any atom is 0.573 e. The van der Waals surface area contributed by atoms with Crippen molar-refractivity contribution >= 4 is 28.5 Å². The fourth-order valence-corrected chi connectivity index (χ4v) is 2.92. The molecule has 9 heteroatoms. The number of aromatic nitrogens is 1. The van der Waals surface area contributed by atoms with Crippen LogP contribution in [0.15, 0.2) is 54.7 Å². The van der Waals surface area contributed by atoms with Crippen LogP contribution in [-0.2, 0) is 20.7 Å². The van der Waals surface area contributed by atoms with E-state index in [1.54, 1.807) is 0 Å². The molecule has 0 saturated carbocycles. The predicted molar refractivity (Wildman–Crippen MR) is 104 cm³/mol. The van der Waals surface area contributed by atoms with E-state index < -0.39 is 30.6 Å². The Morgan fingerprint density at radius 1 is 1.03 bits per heavy atom. The Labute approximate surface area is 170 Å². The zero-order valence-corrected chi connectivity index (χ0v) is 15.8. The molecular weight excluding hydrogens is 401 g/mol. The number of nitrogens with one attached hydrogen (secondary N) is 2. The van der Waals surface area contributed by atoms with E-state index in [9.17, 15) is 22.8 Å². The SMILES string of the molecule is O=C(COC(=O)CCCc1c[nH]c2ccccc12)Nc1ccc(OC(F)(F)F)cc1. The summed E-state index contributed by atoms with van der Waals surface area (Å²) in [4.78, 5) is 26.8. The summed E-state index contributed by atoms with van der Waals surface area (Å²) in [6, 6.07) is 12.5. The smallest absolute Gasteiger partial charge is 0.456 e. The summed E-state index contributed by atoms with van der Waals surface area (Å²) < 4.78 is 45.1. The number of alkyl halides is 3. The number of hydrogen-bond acceptors (Lipinski definition) is 4. The van der Waals surface area contributed by atoms with Crippen LogP contribution in [0.25, 0.3) is 10.9 Å². The van der Waals surface area contributed by atoms with Gasteiger partial charge in [-0.25, -0.2) is 0 Å². The molecule has 0 spiro atoms. The summed E-state index contributed by atoms with van der Waals surface area (Å²) in [5.41, 5.74) is 2.39. The lowest BCUT2D eigenvalue weighted by Crippen LogP contribution is -2.21. The molecule has 3 aromatic rings. The minimum atomic E-state index is -4.78. The third kappa shape index (κ3) is 6.26. The molecule has 30 heavy (non-hydrogen) atoms. The highest BCUT2D eigenvalue weighted by molar-refractivity contribution is 5.92. The van der Waals surface area contributed by atoms with Gasteiger partial charge in [0, 0.05) is 29.2 Å². The molecule has 0 saturated heterocycles. The summed E-state index contributed by atoms with van der Waals surface area (Å²) in [5, 5.41) is 3.54. The quantitative estimate of drug-likeness (QED) is 0.523. The average molecular weight is 420 g/mol. The highest BCUT2D eigenvalue weighted by Gasteiger charge is 2.30. The number of carbonyl (C=O) groups is 2. The number of esters is 1. The standard InChI is InChI=1S/C21H19F3N2O4/c22-21(23,24)30-16-10-8-15(9-11-16)26-19(27)13-29-20(28)7-3-4-14-12-25-18-6-2-1-5-17(14)18/h1-2,5-6,8-12,25H,3-4,7,13H2,(H,26,27). The Balaban J connectivity index is 1.37. The van der Waals surface area contributed by atoms with Crippen LogP contribution in [0.5, 0.6) is 5.75 Å². The van der Waals surface area contributed by atoms with E-state index in [-0.39, 0.29) is 12.1 Å². The summed E-state index contributed by atoms with van der Waals surface area (Å²) >= 11 is 0. The van der Waals surface area contributed by atoms with Gasteiger partial charge in [-0.3, -0.25) is 9.59 Å². The topological polar surface area (TPSA) is 80.4 Å². The molecule has 2 aromatic carbocycles. The number of ether oxygens (including phenoxy) is 2. The number of halogens is 3. The minimum absolute atomic E-state index is 0.163. The molecule has 0 aliphatic heterocycles. The first-order chi connectivity index (χ1) is 14.3. The molecule has 1 aromatic heterocycles. The molecule has 0 fully saturated rings. The lowest BCUT2D eigenvalue weighted by atomic mass is 10.1. The van der Waals surface area contributed by atoms with Crippen LogP contribution in [0.4, 0.5) is 18.9 Å². The van der Waals surface area contributed by atoms with Gasteiger partial charge in [0.2, 0.25) is 0 Å². The molecule has 2 N–H and O–H groups in total. The van der Waals surface area contributed by atoms with E-state index in [2.05, 4.69) is 15.0 Å². The molecule has 0 radical (unpaired) electrons. The van der Waals surface area contributed by atoms with Crippen LogP contribution in [0.2, 0.25) is 0 Å². The normalized spacial score (nSPS) is 11.3. The first-order valence-electron chi connectivity index (χ1n) is 9.16. The zero-order chi connectivity index (χ0) is 21.6. The van der Waals surface area contributed by atoms with Gasteiger partial charge in [-0.1, -0.05) is 18.2 Å². The molecule has 3 rings (SSSR count). The molecule has 0 aliphatic rings. The first-order valence-corrected chi connectivity index (χ1v) is 9.16. The number of carbonyl (C=O) groups excluding carboxylic acids is 2. The van der Waals surface area contributed by atoms with Gasteiger partial charge < -0.3 is 19.8 Å². The maximum absolute atomic E-state index is 12.1. The number of aromatic amines is 1. The van der Waals surface area contributed by atoms with Crippen molar-refractivity contribution < 1.29 is 32.2 Å². The summed E-state index contributed by atoms with van der Waals surface area (Å²) in [7, 11) is 0. The van der Waals surface area contributed by atoms with Gasteiger partial charge >= 0.3 is 12.3 Å². The van der Waals surface area contributed by atoms with Crippen LogP contribution in [-0.4, -0.2) is 29.8 Å². The Hall–Kier alpha value is -3.49. The minimum Gasteiger partial charge on any atom is -0.456 e.